The molecule has 0 fully saturated rings. The first-order valence-electron chi connectivity index (χ1n) is 5.70. The summed E-state index contributed by atoms with van der Waals surface area (Å²) in [7, 11) is 1.27. The van der Waals surface area contributed by atoms with Crippen molar-refractivity contribution in [3.8, 4) is 5.75 Å². The van der Waals surface area contributed by atoms with Crippen molar-refractivity contribution < 1.29 is 19.1 Å². The van der Waals surface area contributed by atoms with Gasteiger partial charge in [0, 0.05) is 6.92 Å². The van der Waals surface area contributed by atoms with Gasteiger partial charge in [-0.05, 0) is 48.7 Å². The van der Waals surface area contributed by atoms with Gasteiger partial charge in [-0.2, -0.15) is 0 Å². The fourth-order valence-electron chi connectivity index (χ4n) is 1.72. The normalized spacial score (nSPS) is 11.1. The van der Waals surface area contributed by atoms with Crippen LogP contribution in [0.2, 0.25) is 0 Å². The van der Waals surface area contributed by atoms with Gasteiger partial charge in [0.05, 0.1) is 7.11 Å². The Kier molecular flexibility index (Phi) is 4.69. The third kappa shape index (κ3) is 3.84. The second kappa shape index (κ2) is 6.04. The maximum atomic E-state index is 11.3. The molecule has 0 aliphatic rings. The van der Waals surface area contributed by atoms with E-state index in [1.807, 2.05) is 13.8 Å². The molecule has 0 saturated carbocycles. The van der Waals surface area contributed by atoms with Crippen molar-refractivity contribution in [1.82, 2.24) is 0 Å². The monoisotopic (exact) mass is 263 g/mol. The molecule has 5 nitrogen and oxygen atoms in total. The van der Waals surface area contributed by atoms with Crippen LogP contribution >= 0.6 is 0 Å². The fraction of sp³-hybridized carbons (Fsp3) is 0.286. The summed E-state index contributed by atoms with van der Waals surface area (Å²) in [4.78, 5) is 22.2. The summed E-state index contributed by atoms with van der Waals surface area (Å²) in [5, 5.41) is 0. The minimum atomic E-state index is -0.581. The minimum Gasteiger partial charge on any atom is -0.464 e. The molecule has 2 N–H and O–H groups in total. The molecule has 1 rings (SSSR count). The van der Waals surface area contributed by atoms with Crippen molar-refractivity contribution in [1.29, 1.82) is 0 Å². The highest BCUT2D eigenvalue weighted by Crippen LogP contribution is 2.23. The Morgan fingerprint density at radius 3 is 2.16 bits per heavy atom. The molecule has 1 aromatic carbocycles. The Labute approximate surface area is 112 Å². The standard InChI is InChI=1S/C14H17NO4/c1-8-5-11(19-10(3)16)6-9(2)12(8)7-13(15)14(17)18-4/h5-7H,15H2,1-4H3/b13-7+. The molecule has 5 heteroatoms. The van der Waals surface area contributed by atoms with Gasteiger partial charge >= 0.3 is 11.9 Å². The molecule has 0 bridgehead atoms. The summed E-state index contributed by atoms with van der Waals surface area (Å²) < 4.78 is 9.56. The fourth-order valence-corrected chi connectivity index (χ4v) is 1.72. The molecule has 0 aliphatic carbocycles. The van der Waals surface area contributed by atoms with E-state index in [9.17, 15) is 9.59 Å². The Morgan fingerprint density at radius 2 is 1.74 bits per heavy atom. The molecule has 19 heavy (non-hydrogen) atoms. The molecule has 0 heterocycles. The third-order valence-corrected chi connectivity index (χ3v) is 2.55. The first kappa shape index (κ1) is 14.8. The van der Waals surface area contributed by atoms with Gasteiger partial charge in [-0.3, -0.25) is 4.79 Å². The summed E-state index contributed by atoms with van der Waals surface area (Å²) in [6, 6.07) is 3.43. The highest BCUT2D eigenvalue weighted by molar-refractivity contribution is 5.93. The zero-order valence-corrected chi connectivity index (χ0v) is 11.4. The largest absolute Gasteiger partial charge is 0.464 e. The van der Waals surface area contributed by atoms with E-state index in [-0.39, 0.29) is 11.7 Å². The van der Waals surface area contributed by atoms with Crippen molar-refractivity contribution in [2.45, 2.75) is 20.8 Å². The molecule has 0 spiro atoms. The first-order chi connectivity index (χ1) is 8.85. The Morgan fingerprint density at radius 1 is 1.21 bits per heavy atom. The number of methoxy groups -OCH3 is 1. The second-order valence-corrected chi connectivity index (χ2v) is 4.16. The quantitative estimate of drug-likeness (QED) is 0.510. The Hall–Kier alpha value is -2.30. The molecule has 0 atom stereocenters. The Bertz CT molecular complexity index is 523. The van der Waals surface area contributed by atoms with E-state index in [4.69, 9.17) is 10.5 Å². The second-order valence-electron chi connectivity index (χ2n) is 4.16. The van der Waals surface area contributed by atoms with Crippen molar-refractivity contribution >= 4 is 18.0 Å². The van der Waals surface area contributed by atoms with Gasteiger partial charge in [0.2, 0.25) is 0 Å². The zero-order valence-electron chi connectivity index (χ0n) is 11.4. The van der Waals surface area contributed by atoms with E-state index >= 15 is 0 Å². The maximum absolute atomic E-state index is 11.3. The van der Waals surface area contributed by atoms with Gasteiger partial charge in [-0.15, -0.1) is 0 Å². The van der Waals surface area contributed by atoms with Crippen LogP contribution in [0.1, 0.15) is 23.6 Å². The molecule has 0 aliphatic heterocycles. The lowest BCUT2D eigenvalue weighted by molar-refractivity contribution is -0.136. The average molecular weight is 263 g/mol. The zero-order chi connectivity index (χ0) is 14.6. The van der Waals surface area contributed by atoms with Gasteiger partial charge in [-0.1, -0.05) is 0 Å². The predicted octanol–water partition coefficient (Wildman–Crippen LogP) is 1.70. The van der Waals surface area contributed by atoms with Crippen molar-refractivity contribution in [2.75, 3.05) is 7.11 Å². The van der Waals surface area contributed by atoms with Gasteiger partial charge in [0.25, 0.3) is 0 Å². The number of nitrogens with two attached hydrogens (primary N) is 1. The van der Waals surface area contributed by atoms with E-state index in [2.05, 4.69) is 4.74 Å². The van der Waals surface area contributed by atoms with Crippen LogP contribution in [-0.4, -0.2) is 19.0 Å². The summed E-state index contributed by atoms with van der Waals surface area (Å²) in [6.45, 7) is 5.03. The van der Waals surface area contributed by atoms with Crippen LogP contribution in [0.3, 0.4) is 0 Å². The lowest BCUT2D eigenvalue weighted by atomic mass is 10.0. The lowest BCUT2D eigenvalue weighted by Crippen LogP contribution is -2.12. The number of esters is 2. The van der Waals surface area contributed by atoms with E-state index in [0.29, 0.717) is 5.75 Å². The van der Waals surface area contributed by atoms with Crippen molar-refractivity contribution in [3.05, 3.63) is 34.5 Å². The molecule has 0 unspecified atom stereocenters. The summed E-state index contributed by atoms with van der Waals surface area (Å²) in [5.41, 5.74) is 8.14. The van der Waals surface area contributed by atoms with Crippen LogP contribution in [0.15, 0.2) is 17.8 Å². The van der Waals surface area contributed by atoms with Crippen LogP contribution in [0.25, 0.3) is 6.08 Å². The summed E-state index contributed by atoms with van der Waals surface area (Å²) >= 11 is 0. The SMILES string of the molecule is COC(=O)/C(N)=C\c1c(C)cc(OC(C)=O)cc1C. The highest BCUT2D eigenvalue weighted by Gasteiger charge is 2.09. The molecule has 1 aromatic rings. The molecule has 0 radical (unpaired) electrons. The van der Waals surface area contributed by atoms with E-state index in [1.54, 1.807) is 18.2 Å². The molecule has 102 valence electrons. The first-order valence-corrected chi connectivity index (χ1v) is 5.70. The van der Waals surface area contributed by atoms with Crippen LogP contribution in [0.5, 0.6) is 5.75 Å². The van der Waals surface area contributed by atoms with E-state index in [0.717, 1.165) is 16.7 Å². The number of carbonyl (C=O) groups is 2. The third-order valence-electron chi connectivity index (χ3n) is 2.55. The predicted molar refractivity (Wildman–Crippen MR) is 71.4 cm³/mol. The molecule has 0 amide bonds. The van der Waals surface area contributed by atoms with Crippen LogP contribution in [0.4, 0.5) is 0 Å². The highest BCUT2D eigenvalue weighted by atomic mass is 16.5. The summed E-state index contributed by atoms with van der Waals surface area (Å²) in [5.74, 6) is -0.490. The number of hydrogen-bond acceptors (Lipinski definition) is 5. The van der Waals surface area contributed by atoms with Crippen LogP contribution < -0.4 is 10.5 Å². The van der Waals surface area contributed by atoms with Gasteiger partial charge in [-0.25, -0.2) is 4.79 Å². The molecule has 0 aromatic heterocycles. The number of benzene rings is 1. The Balaban J connectivity index is 3.17. The molecular formula is C14H17NO4. The smallest absolute Gasteiger partial charge is 0.353 e. The van der Waals surface area contributed by atoms with Crippen LogP contribution in [-0.2, 0) is 14.3 Å². The summed E-state index contributed by atoms with van der Waals surface area (Å²) in [6.07, 6.45) is 1.55. The van der Waals surface area contributed by atoms with Gasteiger partial charge in [0.1, 0.15) is 11.4 Å². The number of aryl methyl sites for hydroxylation is 2. The number of ether oxygens (including phenoxy) is 2. The molecular weight excluding hydrogens is 246 g/mol. The van der Waals surface area contributed by atoms with Gasteiger partial charge < -0.3 is 15.2 Å². The van der Waals surface area contributed by atoms with Crippen molar-refractivity contribution in [2.24, 2.45) is 5.73 Å². The van der Waals surface area contributed by atoms with Crippen molar-refractivity contribution in [3.63, 3.8) is 0 Å². The topological polar surface area (TPSA) is 78.6 Å². The number of rotatable bonds is 3. The maximum Gasteiger partial charge on any atom is 0.353 e. The number of carbonyl (C=O) groups excluding carboxylic acids is 2. The molecule has 0 saturated heterocycles. The minimum absolute atomic E-state index is 0.0222. The number of hydrogen-bond donors (Lipinski definition) is 1. The van der Waals surface area contributed by atoms with Gasteiger partial charge in [0.15, 0.2) is 0 Å². The van der Waals surface area contributed by atoms with E-state index in [1.165, 1.54) is 14.0 Å². The van der Waals surface area contributed by atoms with E-state index < -0.39 is 5.97 Å². The average Bonchev–Trinajstić information content (AvgIpc) is 2.31. The lowest BCUT2D eigenvalue weighted by Gasteiger charge is -2.10. The van der Waals surface area contributed by atoms with Crippen LogP contribution in [0, 0.1) is 13.8 Å².